The summed E-state index contributed by atoms with van der Waals surface area (Å²) in [4.78, 5) is 36.0. The van der Waals surface area contributed by atoms with E-state index in [1.54, 1.807) is 0 Å². The van der Waals surface area contributed by atoms with E-state index in [4.69, 9.17) is 15.6 Å². The zero-order valence-corrected chi connectivity index (χ0v) is 11.8. The third-order valence-electron chi connectivity index (χ3n) is 4.07. The van der Waals surface area contributed by atoms with Gasteiger partial charge in [0.1, 0.15) is 6.04 Å². The topological polar surface area (TPSA) is 122 Å². The van der Waals surface area contributed by atoms with Crippen molar-refractivity contribution in [1.29, 1.82) is 0 Å². The van der Waals surface area contributed by atoms with Crippen LogP contribution >= 0.6 is 0 Å². The lowest BCUT2D eigenvalue weighted by molar-refractivity contribution is -0.143. The number of nitrogens with zero attached hydrogens (tertiary/aromatic N) is 1. The van der Waals surface area contributed by atoms with Crippen molar-refractivity contribution in [2.45, 2.75) is 37.8 Å². The first-order chi connectivity index (χ1) is 9.99. The van der Waals surface area contributed by atoms with Crippen LogP contribution in [0.25, 0.3) is 0 Å². The number of aliphatic carboxylic acids is 1. The zero-order chi connectivity index (χ0) is 15.4. The van der Waals surface area contributed by atoms with Crippen LogP contribution in [0.3, 0.4) is 0 Å². The number of carboxylic acids is 1. The van der Waals surface area contributed by atoms with Crippen LogP contribution in [0.5, 0.6) is 0 Å². The second-order valence-electron chi connectivity index (χ2n) is 5.53. The summed E-state index contributed by atoms with van der Waals surface area (Å²) >= 11 is 0. The first-order valence-corrected chi connectivity index (χ1v) is 7.16. The molecule has 0 aromatic rings. The molecule has 118 valence electrons. The maximum Gasteiger partial charge on any atom is 0.318 e. The Hall–Kier alpha value is -1.83. The number of carbonyl (C=O) groups is 3. The lowest BCUT2D eigenvalue weighted by atomic mass is 9.86. The van der Waals surface area contributed by atoms with Gasteiger partial charge >= 0.3 is 12.0 Å². The molecule has 3 amide bonds. The Morgan fingerprint density at radius 2 is 2.05 bits per heavy atom. The minimum atomic E-state index is -0.824. The van der Waals surface area contributed by atoms with Crippen LogP contribution in [0.15, 0.2) is 0 Å². The summed E-state index contributed by atoms with van der Waals surface area (Å²) in [5.74, 6) is -1.84. The van der Waals surface area contributed by atoms with E-state index in [9.17, 15) is 14.4 Å². The molecule has 4 N–H and O–H groups in total. The second-order valence-corrected chi connectivity index (χ2v) is 5.53. The third kappa shape index (κ3) is 3.84. The number of nitrogens with two attached hydrogens (primary N) is 1. The van der Waals surface area contributed by atoms with Crippen molar-refractivity contribution in [2.75, 3.05) is 19.8 Å². The molecule has 1 aliphatic heterocycles. The first kappa shape index (κ1) is 15.6. The fourth-order valence-electron chi connectivity index (χ4n) is 2.89. The number of carbonyl (C=O) groups excluding carboxylic acids is 2. The molecule has 0 bridgehead atoms. The van der Waals surface area contributed by atoms with Crippen molar-refractivity contribution in [1.82, 2.24) is 10.2 Å². The van der Waals surface area contributed by atoms with E-state index in [0.717, 1.165) is 12.8 Å². The van der Waals surface area contributed by atoms with E-state index in [0.29, 0.717) is 26.0 Å². The monoisotopic (exact) mass is 299 g/mol. The number of urea groups is 1. The van der Waals surface area contributed by atoms with E-state index in [1.165, 1.54) is 4.90 Å². The standard InChI is InChI=1S/C13H21N3O5/c14-11(17)10-7-21-5-4-16(10)13(20)15-9-3-1-2-8(6-9)12(18)19/h8-10H,1-7H2,(H2,14,17)(H,15,20)(H,18,19). The van der Waals surface area contributed by atoms with Crippen molar-refractivity contribution in [3.8, 4) is 0 Å². The van der Waals surface area contributed by atoms with Crippen LogP contribution in [0.4, 0.5) is 4.79 Å². The fourth-order valence-corrected chi connectivity index (χ4v) is 2.89. The van der Waals surface area contributed by atoms with E-state index >= 15 is 0 Å². The van der Waals surface area contributed by atoms with Gasteiger partial charge in [-0.15, -0.1) is 0 Å². The summed E-state index contributed by atoms with van der Waals surface area (Å²) in [5.41, 5.74) is 5.27. The molecule has 8 heteroatoms. The molecule has 1 saturated heterocycles. The number of hydrogen-bond acceptors (Lipinski definition) is 4. The van der Waals surface area contributed by atoms with Gasteiger partial charge in [-0.1, -0.05) is 6.42 Å². The average molecular weight is 299 g/mol. The molecule has 0 aromatic carbocycles. The lowest BCUT2D eigenvalue weighted by Gasteiger charge is -2.36. The highest BCUT2D eigenvalue weighted by Gasteiger charge is 2.34. The van der Waals surface area contributed by atoms with Crippen molar-refractivity contribution in [2.24, 2.45) is 11.7 Å². The van der Waals surface area contributed by atoms with Crippen LogP contribution in [0, 0.1) is 5.92 Å². The molecule has 1 heterocycles. The molecule has 21 heavy (non-hydrogen) atoms. The van der Waals surface area contributed by atoms with Crippen molar-refractivity contribution >= 4 is 17.9 Å². The van der Waals surface area contributed by atoms with Gasteiger partial charge in [0.2, 0.25) is 5.91 Å². The number of carboxylic acid groups (broad SMARTS) is 1. The Morgan fingerprint density at radius 1 is 1.29 bits per heavy atom. The van der Waals surface area contributed by atoms with Crippen LogP contribution in [0.1, 0.15) is 25.7 Å². The number of morpholine rings is 1. The molecule has 2 rings (SSSR count). The predicted molar refractivity (Wildman–Crippen MR) is 72.4 cm³/mol. The predicted octanol–water partition coefficient (Wildman–Crippen LogP) is -0.474. The van der Waals surface area contributed by atoms with E-state index in [2.05, 4.69) is 5.32 Å². The smallest absolute Gasteiger partial charge is 0.318 e. The molecule has 0 spiro atoms. The third-order valence-corrected chi connectivity index (χ3v) is 4.07. The van der Waals surface area contributed by atoms with Crippen molar-refractivity contribution in [3.05, 3.63) is 0 Å². The summed E-state index contributed by atoms with van der Waals surface area (Å²) in [6.45, 7) is 0.763. The molecular formula is C13H21N3O5. The van der Waals surface area contributed by atoms with E-state index < -0.39 is 23.8 Å². The van der Waals surface area contributed by atoms with Gasteiger partial charge in [-0.2, -0.15) is 0 Å². The maximum atomic E-state index is 12.3. The summed E-state index contributed by atoms with van der Waals surface area (Å²) < 4.78 is 5.16. The normalized spacial score (nSPS) is 29.7. The maximum absolute atomic E-state index is 12.3. The van der Waals surface area contributed by atoms with Crippen molar-refractivity contribution < 1.29 is 24.2 Å². The molecule has 8 nitrogen and oxygen atoms in total. The fraction of sp³-hybridized carbons (Fsp3) is 0.769. The Balaban J connectivity index is 1.93. The lowest BCUT2D eigenvalue weighted by Crippen LogP contribution is -2.58. The minimum absolute atomic E-state index is 0.102. The summed E-state index contributed by atoms with van der Waals surface area (Å²) in [5, 5.41) is 11.9. The van der Waals surface area contributed by atoms with Gasteiger partial charge in [-0.05, 0) is 19.3 Å². The Morgan fingerprint density at radius 3 is 2.71 bits per heavy atom. The molecule has 2 fully saturated rings. The summed E-state index contributed by atoms with van der Waals surface area (Å²) in [6, 6.07) is -1.32. The number of hydrogen-bond donors (Lipinski definition) is 3. The molecule has 0 aromatic heterocycles. The Labute approximate surface area is 122 Å². The zero-order valence-electron chi connectivity index (χ0n) is 11.8. The Kier molecular flexibility index (Phi) is 5.00. The molecular weight excluding hydrogens is 278 g/mol. The van der Waals surface area contributed by atoms with Crippen molar-refractivity contribution in [3.63, 3.8) is 0 Å². The molecule has 3 atom stereocenters. The SMILES string of the molecule is NC(=O)C1COCCN1C(=O)NC1CCCC(C(=O)O)C1. The van der Waals surface area contributed by atoms with Crippen LogP contribution < -0.4 is 11.1 Å². The largest absolute Gasteiger partial charge is 0.481 e. The number of primary amides is 1. The molecule has 1 saturated carbocycles. The van der Waals surface area contributed by atoms with Gasteiger partial charge in [0.15, 0.2) is 0 Å². The number of rotatable bonds is 3. The van der Waals surface area contributed by atoms with E-state index in [1.807, 2.05) is 0 Å². The molecule has 1 aliphatic carbocycles. The van der Waals surface area contributed by atoms with Gasteiger partial charge in [-0.25, -0.2) is 4.79 Å². The quantitative estimate of drug-likeness (QED) is 0.650. The number of nitrogens with one attached hydrogen (secondary N) is 1. The molecule has 0 radical (unpaired) electrons. The van der Waals surface area contributed by atoms with Crippen LogP contribution in [0.2, 0.25) is 0 Å². The molecule has 2 aliphatic rings. The van der Waals surface area contributed by atoms with Gasteiger partial charge in [-0.3, -0.25) is 9.59 Å². The highest BCUT2D eigenvalue weighted by atomic mass is 16.5. The summed E-state index contributed by atoms with van der Waals surface area (Å²) in [6.07, 6.45) is 2.58. The number of amides is 3. The second kappa shape index (κ2) is 6.75. The minimum Gasteiger partial charge on any atom is -0.481 e. The Bertz CT molecular complexity index is 428. The van der Waals surface area contributed by atoms with Gasteiger partial charge in [0, 0.05) is 12.6 Å². The van der Waals surface area contributed by atoms with Gasteiger partial charge in [0.05, 0.1) is 19.1 Å². The highest BCUT2D eigenvalue weighted by molar-refractivity contribution is 5.86. The average Bonchev–Trinajstić information content (AvgIpc) is 2.47. The van der Waals surface area contributed by atoms with E-state index in [-0.39, 0.29) is 18.7 Å². The van der Waals surface area contributed by atoms with Gasteiger partial charge in [0.25, 0.3) is 0 Å². The van der Waals surface area contributed by atoms with Crippen LogP contribution in [-0.2, 0) is 14.3 Å². The first-order valence-electron chi connectivity index (χ1n) is 7.16. The summed E-state index contributed by atoms with van der Waals surface area (Å²) in [7, 11) is 0. The molecule has 3 unspecified atom stereocenters. The van der Waals surface area contributed by atoms with Gasteiger partial charge < -0.3 is 25.8 Å². The number of ether oxygens (including phenoxy) is 1. The highest BCUT2D eigenvalue weighted by Crippen LogP contribution is 2.24. The van der Waals surface area contributed by atoms with Crippen LogP contribution in [-0.4, -0.2) is 59.8 Å².